The summed E-state index contributed by atoms with van der Waals surface area (Å²) >= 11 is 5.92. The van der Waals surface area contributed by atoms with Crippen molar-refractivity contribution in [2.45, 2.75) is 20.0 Å². The largest absolute Gasteiger partial charge is 0.484 e. The van der Waals surface area contributed by atoms with Crippen LogP contribution in [0.3, 0.4) is 0 Å². The van der Waals surface area contributed by atoms with Gasteiger partial charge in [0.05, 0.1) is 0 Å². The van der Waals surface area contributed by atoms with Crippen LogP contribution in [0.2, 0.25) is 5.02 Å². The van der Waals surface area contributed by atoms with Crippen molar-refractivity contribution in [2.24, 2.45) is 5.92 Å². The summed E-state index contributed by atoms with van der Waals surface area (Å²) in [5.41, 5.74) is 1.17. The number of hydrogen-bond acceptors (Lipinski definition) is 2. The van der Waals surface area contributed by atoms with Crippen LogP contribution in [0.4, 0.5) is 0 Å². The average molecular weight is 304 g/mol. The van der Waals surface area contributed by atoms with E-state index in [9.17, 15) is 0 Å². The van der Waals surface area contributed by atoms with Crippen molar-refractivity contribution in [1.82, 2.24) is 5.32 Å². The minimum absolute atomic E-state index is 0.00822. The molecule has 0 heterocycles. The number of hydrogen-bond donors (Lipinski definition) is 1. The zero-order valence-electron chi connectivity index (χ0n) is 12.6. The Morgan fingerprint density at radius 1 is 0.952 bits per heavy atom. The molecule has 0 saturated carbocycles. The highest BCUT2D eigenvalue weighted by molar-refractivity contribution is 6.30. The monoisotopic (exact) mass is 303 g/mol. The van der Waals surface area contributed by atoms with Gasteiger partial charge in [0.2, 0.25) is 0 Å². The van der Waals surface area contributed by atoms with Gasteiger partial charge >= 0.3 is 0 Å². The molecule has 0 spiro atoms. The molecular weight excluding hydrogens is 282 g/mol. The third kappa shape index (κ3) is 5.41. The zero-order chi connectivity index (χ0) is 15.1. The van der Waals surface area contributed by atoms with Gasteiger partial charge in [0, 0.05) is 11.6 Å². The predicted octanol–water partition coefficient (Wildman–Crippen LogP) is 4.71. The van der Waals surface area contributed by atoms with Crippen LogP contribution in [0, 0.1) is 5.92 Å². The van der Waals surface area contributed by atoms with E-state index in [-0.39, 0.29) is 6.10 Å². The molecular formula is C18H22ClNO. The molecule has 1 unspecified atom stereocenters. The molecule has 2 rings (SSSR count). The van der Waals surface area contributed by atoms with E-state index in [0.29, 0.717) is 5.92 Å². The third-order valence-corrected chi connectivity index (χ3v) is 3.40. The molecule has 2 aromatic carbocycles. The van der Waals surface area contributed by atoms with Gasteiger partial charge in [0.1, 0.15) is 11.9 Å². The third-order valence-electron chi connectivity index (χ3n) is 3.15. The fourth-order valence-electron chi connectivity index (χ4n) is 2.08. The summed E-state index contributed by atoms with van der Waals surface area (Å²) in [6.45, 7) is 6.16. The van der Waals surface area contributed by atoms with Crippen molar-refractivity contribution >= 4 is 11.6 Å². The average Bonchev–Trinajstić information content (AvgIpc) is 2.49. The molecule has 1 N–H and O–H groups in total. The van der Waals surface area contributed by atoms with E-state index >= 15 is 0 Å². The van der Waals surface area contributed by atoms with Gasteiger partial charge in [-0.25, -0.2) is 0 Å². The van der Waals surface area contributed by atoms with Crippen LogP contribution in [-0.2, 0) is 0 Å². The Hall–Kier alpha value is -1.51. The number of nitrogens with one attached hydrogen (secondary N) is 1. The van der Waals surface area contributed by atoms with Gasteiger partial charge in [-0.3, -0.25) is 0 Å². The predicted molar refractivity (Wildman–Crippen MR) is 89.0 cm³/mol. The number of benzene rings is 2. The Balaban J connectivity index is 2.06. The van der Waals surface area contributed by atoms with Crippen molar-refractivity contribution in [3.63, 3.8) is 0 Å². The maximum Gasteiger partial charge on any atom is 0.136 e. The van der Waals surface area contributed by atoms with Crippen LogP contribution in [0.15, 0.2) is 54.6 Å². The summed E-state index contributed by atoms with van der Waals surface area (Å²) in [5.74, 6) is 1.46. The molecule has 2 aromatic rings. The Bertz CT molecular complexity index is 525. The van der Waals surface area contributed by atoms with Gasteiger partial charge in [-0.15, -0.1) is 0 Å². The quantitative estimate of drug-likeness (QED) is 0.800. The minimum Gasteiger partial charge on any atom is -0.484 e. The van der Waals surface area contributed by atoms with E-state index in [0.717, 1.165) is 23.9 Å². The first kappa shape index (κ1) is 15.9. The highest BCUT2D eigenvalue weighted by Gasteiger charge is 2.13. The SMILES string of the molecule is CC(C)CNCC(Oc1ccc(Cl)cc1)c1ccccc1. The standard InChI is InChI=1S/C18H22ClNO/c1-14(2)12-20-13-18(15-6-4-3-5-7-15)21-17-10-8-16(19)9-11-17/h3-11,14,18,20H,12-13H2,1-2H3. The molecule has 0 aliphatic rings. The van der Waals surface area contributed by atoms with Gasteiger partial charge in [-0.1, -0.05) is 55.8 Å². The summed E-state index contributed by atoms with van der Waals surface area (Å²) in [4.78, 5) is 0. The number of halogens is 1. The fourth-order valence-corrected chi connectivity index (χ4v) is 2.20. The van der Waals surface area contributed by atoms with Crippen LogP contribution >= 0.6 is 11.6 Å². The van der Waals surface area contributed by atoms with E-state index in [1.807, 2.05) is 42.5 Å². The van der Waals surface area contributed by atoms with Crippen molar-refractivity contribution in [2.75, 3.05) is 13.1 Å². The Labute approximate surface area is 132 Å². The highest BCUT2D eigenvalue weighted by Crippen LogP contribution is 2.23. The molecule has 0 aliphatic heterocycles. The molecule has 0 aromatic heterocycles. The van der Waals surface area contributed by atoms with E-state index < -0.39 is 0 Å². The van der Waals surface area contributed by atoms with Gasteiger partial charge in [0.15, 0.2) is 0 Å². The lowest BCUT2D eigenvalue weighted by atomic mass is 10.1. The van der Waals surface area contributed by atoms with Gasteiger partial charge in [-0.2, -0.15) is 0 Å². The van der Waals surface area contributed by atoms with Gasteiger partial charge in [0.25, 0.3) is 0 Å². The summed E-state index contributed by atoms with van der Waals surface area (Å²) < 4.78 is 6.12. The molecule has 0 aliphatic carbocycles. The van der Waals surface area contributed by atoms with Crippen molar-refractivity contribution in [3.8, 4) is 5.75 Å². The Morgan fingerprint density at radius 2 is 1.62 bits per heavy atom. The highest BCUT2D eigenvalue weighted by atomic mass is 35.5. The van der Waals surface area contributed by atoms with Crippen LogP contribution in [0.25, 0.3) is 0 Å². The van der Waals surface area contributed by atoms with Crippen molar-refractivity contribution < 1.29 is 4.74 Å². The topological polar surface area (TPSA) is 21.3 Å². The summed E-state index contributed by atoms with van der Waals surface area (Å²) in [5, 5.41) is 4.18. The summed E-state index contributed by atoms with van der Waals surface area (Å²) in [7, 11) is 0. The van der Waals surface area contributed by atoms with Crippen LogP contribution < -0.4 is 10.1 Å². The summed E-state index contributed by atoms with van der Waals surface area (Å²) in [6.07, 6.45) is -0.00822. The maximum atomic E-state index is 6.12. The summed E-state index contributed by atoms with van der Waals surface area (Å²) in [6, 6.07) is 17.8. The van der Waals surface area contributed by atoms with Crippen LogP contribution in [0.1, 0.15) is 25.5 Å². The lowest BCUT2D eigenvalue weighted by Crippen LogP contribution is -2.28. The first-order valence-electron chi connectivity index (χ1n) is 7.33. The smallest absolute Gasteiger partial charge is 0.136 e. The maximum absolute atomic E-state index is 6.12. The minimum atomic E-state index is -0.00822. The second-order valence-corrected chi connectivity index (χ2v) is 5.96. The molecule has 0 fully saturated rings. The zero-order valence-corrected chi connectivity index (χ0v) is 13.3. The Kier molecular flexibility index (Phi) is 6.09. The first-order valence-corrected chi connectivity index (χ1v) is 7.71. The second-order valence-electron chi connectivity index (χ2n) is 5.52. The molecule has 0 saturated heterocycles. The van der Waals surface area contributed by atoms with Gasteiger partial charge < -0.3 is 10.1 Å². The fraction of sp³-hybridized carbons (Fsp3) is 0.333. The van der Waals surface area contributed by atoms with E-state index in [2.05, 4.69) is 31.3 Å². The second kappa shape index (κ2) is 8.06. The van der Waals surface area contributed by atoms with Crippen molar-refractivity contribution in [3.05, 3.63) is 65.2 Å². The first-order chi connectivity index (χ1) is 10.1. The van der Waals surface area contributed by atoms with Crippen LogP contribution in [0.5, 0.6) is 5.75 Å². The lowest BCUT2D eigenvalue weighted by Gasteiger charge is -2.21. The molecule has 0 radical (unpaired) electrons. The normalized spacial score (nSPS) is 12.4. The number of ether oxygens (including phenoxy) is 1. The molecule has 0 amide bonds. The molecule has 1 atom stereocenters. The van der Waals surface area contributed by atoms with E-state index in [4.69, 9.17) is 16.3 Å². The molecule has 3 heteroatoms. The van der Waals surface area contributed by atoms with Crippen molar-refractivity contribution in [1.29, 1.82) is 0 Å². The molecule has 21 heavy (non-hydrogen) atoms. The lowest BCUT2D eigenvalue weighted by molar-refractivity contribution is 0.200. The van der Waals surface area contributed by atoms with Gasteiger partial charge in [-0.05, 0) is 42.3 Å². The van der Waals surface area contributed by atoms with E-state index in [1.165, 1.54) is 5.56 Å². The number of rotatable bonds is 7. The molecule has 2 nitrogen and oxygen atoms in total. The Morgan fingerprint density at radius 3 is 2.24 bits per heavy atom. The van der Waals surface area contributed by atoms with E-state index in [1.54, 1.807) is 0 Å². The molecule has 112 valence electrons. The molecule has 0 bridgehead atoms. The van der Waals surface area contributed by atoms with Crippen LogP contribution in [-0.4, -0.2) is 13.1 Å².